The Labute approximate surface area is 81.3 Å². The average Bonchev–Trinajstić information content (AvgIpc) is 1.98. The van der Waals surface area contributed by atoms with Gasteiger partial charge in [0.25, 0.3) is 0 Å². The van der Waals surface area contributed by atoms with Gasteiger partial charge in [0.15, 0.2) is 0 Å². The zero-order chi connectivity index (χ0) is 10.4. The number of hydrogen-bond acceptors (Lipinski definition) is 3. The summed E-state index contributed by atoms with van der Waals surface area (Å²) in [7, 11) is 0. The first-order valence-electron chi connectivity index (χ1n) is 3.78. The lowest BCUT2D eigenvalue weighted by Crippen LogP contribution is -1.97. The highest BCUT2D eigenvalue weighted by atomic mass is 32.2. The van der Waals surface area contributed by atoms with Crippen LogP contribution in [0.25, 0.3) is 0 Å². The Morgan fingerprint density at radius 3 is 2.46 bits per heavy atom. The summed E-state index contributed by atoms with van der Waals surface area (Å²) >= 11 is -2.02. The van der Waals surface area contributed by atoms with Crippen LogP contribution < -0.4 is 5.73 Å². The topological polar surface area (TPSA) is 66.2 Å². The minimum atomic E-state index is -2.02. The second-order valence-electron chi connectivity index (χ2n) is 2.84. The van der Waals surface area contributed by atoms with Crippen molar-refractivity contribution in [2.24, 2.45) is 5.73 Å². The Morgan fingerprint density at radius 2 is 2.08 bits per heavy atom. The fraction of sp³-hybridized carbons (Fsp3) is 0.333. The number of hydrogen-bond donors (Lipinski definition) is 1. The fourth-order valence-corrected chi connectivity index (χ4v) is 1.08. The first-order chi connectivity index (χ1) is 5.93. The molecule has 0 saturated carbocycles. The third-order valence-electron chi connectivity index (χ3n) is 1.47. The molecule has 0 spiro atoms. The van der Waals surface area contributed by atoms with E-state index in [2.05, 4.69) is 6.58 Å². The Balaban J connectivity index is 4.33. The van der Waals surface area contributed by atoms with Crippen molar-refractivity contribution in [1.29, 1.82) is 0 Å². The maximum Gasteiger partial charge on any atom is 0.0312 e. The highest BCUT2D eigenvalue weighted by Crippen LogP contribution is 2.02. The van der Waals surface area contributed by atoms with Crippen molar-refractivity contribution < 1.29 is 8.76 Å². The van der Waals surface area contributed by atoms with Gasteiger partial charge in [-0.15, -0.1) is 0 Å². The third kappa shape index (κ3) is 6.31. The van der Waals surface area contributed by atoms with Crippen molar-refractivity contribution >= 4 is 11.1 Å². The normalized spacial score (nSPS) is 15.6. The van der Waals surface area contributed by atoms with Gasteiger partial charge >= 0.3 is 0 Å². The van der Waals surface area contributed by atoms with Crippen LogP contribution in [0, 0.1) is 0 Å². The van der Waals surface area contributed by atoms with Gasteiger partial charge in [-0.2, -0.15) is 0 Å². The van der Waals surface area contributed by atoms with E-state index >= 15 is 0 Å². The van der Waals surface area contributed by atoms with Gasteiger partial charge in [0.1, 0.15) is 0 Å². The molecule has 0 rings (SSSR count). The molecule has 1 unspecified atom stereocenters. The number of allylic oxidation sites excluding steroid dienone is 3. The molecule has 13 heavy (non-hydrogen) atoms. The molecule has 0 heterocycles. The first-order valence-corrected chi connectivity index (χ1v) is 5.02. The van der Waals surface area contributed by atoms with E-state index in [1.165, 1.54) is 0 Å². The van der Waals surface area contributed by atoms with Gasteiger partial charge in [0.05, 0.1) is 0 Å². The second kappa shape index (κ2) is 5.72. The summed E-state index contributed by atoms with van der Waals surface area (Å²) in [6, 6.07) is 0. The Morgan fingerprint density at radius 1 is 1.54 bits per heavy atom. The van der Waals surface area contributed by atoms with E-state index in [4.69, 9.17) is 5.73 Å². The minimum absolute atomic E-state index is 0.0564. The molecule has 0 aromatic rings. The van der Waals surface area contributed by atoms with Crippen LogP contribution in [0.1, 0.15) is 13.8 Å². The standard InChI is InChI=1S/C9H15NO2S/c1-7(6-13(11)12)4-5-8(2)9(3)10/h4-5H,3,6,10H2,1-2H3,(H,11,12)/p-1/b7-4+,8-5-. The summed E-state index contributed by atoms with van der Waals surface area (Å²) < 4.78 is 20.6. The van der Waals surface area contributed by atoms with E-state index in [1.54, 1.807) is 19.1 Å². The van der Waals surface area contributed by atoms with Crippen LogP contribution >= 0.6 is 0 Å². The van der Waals surface area contributed by atoms with Gasteiger partial charge in [-0.25, -0.2) is 0 Å². The fourth-order valence-electron chi connectivity index (χ4n) is 0.608. The molecule has 0 aliphatic rings. The van der Waals surface area contributed by atoms with Crippen LogP contribution in [0.2, 0.25) is 0 Å². The van der Waals surface area contributed by atoms with Crippen molar-refractivity contribution in [2.45, 2.75) is 13.8 Å². The molecule has 0 aliphatic carbocycles. The molecular formula is C9H14NO2S-. The quantitative estimate of drug-likeness (QED) is 0.548. The van der Waals surface area contributed by atoms with Crippen molar-refractivity contribution in [3.63, 3.8) is 0 Å². The monoisotopic (exact) mass is 200 g/mol. The van der Waals surface area contributed by atoms with E-state index in [9.17, 15) is 8.76 Å². The molecule has 0 aliphatic heterocycles. The van der Waals surface area contributed by atoms with Crippen LogP contribution in [-0.4, -0.2) is 14.5 Å². The van der Waals surface area contributed by atoms with Crippen molar-refractivity contribution in [3.05, 3.63) is 35.6 Å². The number of rotatable bonds is 4. The highest BCUT2D eigenvalue weighted by Gasteiger charge is 1.89. The molecule has 4 heteroatoms. The molecule has 2 N–H and O–H groups in total. The summed E-state index contributed by atoms with van der Waals surface area (Å²) in [5.74, 6) is 0.0564. The lowest BCUT2D eigenvalue weighted by atomic mass is 10.2. The molecule has 0 amide bonds. The highest BCUT2D eigenvalue weighted by molar-refractivity contribution is 7.79. The van der Waals surface area contributed by atoms with E-state index in [0.717, 1.165) is 11.1 Å². The van der Waals surface area contributed by atoms with Gasteiger partial charge in [-0.1, -0.05) is 35.4 Å². The Kier molecular flexibility index (Phi) is 5.34. The van der Waals surface area contributed by atoms with Crippen LogP contribution in [0.5, 0.6) is 0 Å². The third-order valence-corrected chi connectivity index (χ3v) is 2.16. The Bertz CT molecular complexity index is 279. The molecular weight excluding hydrogens is 186 g/mol. The molecule has 0 radical (unpaired) electrons. The predicted octanol–water partition coefficient (Wildman–Crippen LogP) is 1.23. The zero-order valence-corrected chi connectivity index (χ0v) is 8.69. The molecule has 3 nitrogen and oxygen atoms in total. The molecule has 0 saturated heterocycles. The summed E-state index contributed by atoms with van der Waals surface area (Å²) in [6.07, 6.45) is 3.48. The lowest BCUT2D eigenvalue weighted by Gasteiger charge is -2.03. The molecule has 0 aromatic carbocycles. The summed E-state index contributed by atoms with van der Waals surface area (Å²) in [5, 5.41) is 0. The first kappa shape index (κ1) is 12.1. The summed E-state index contributed by atoms with van der Waals surface area (Å²) in [5.41, 5.74) is 7.52. The van der Waals surface area contributed by atoms with Gasteiger partial charge in [0, 0.05) is 11.4 Å². The smallest absolute Gasteiger partial charge is 0.0312 e. The largest absolute Gasteiger partial charge is 0.772 e. The van der Waals surface area contributed by atoms with Crippen LogP contribution in [0.4, 0.5) is 0 Å². The van der Waals surface area contributed by atoms with E-state index in [0.29, 0.717) is 5.70 Å². The van der Waals surface area contributed by atoms with E-state index in [-0.39, 0.29) is 5.75 Å². The zero-order valence-electron chi connectivity index (χ0n) is 7.87. The molecule has 74 valence electrons. The van der Waals surface area contributed by atoms with Crippen LogP contribution in [0.3, 0.4) is 0 Å². The van der Waals surface area contributed by atoms with Crippen LogP contribution in [-0.2, 0) is 11.1 Å². The average molecular weight is 200 g/mol. The summed E-state index contributed by atoms with van der Waals surface area (Å²) in [4.78, 5) is 0. The van der Waals surface area contributed by atoms with Gasteiger partial charge in [-0.05, 0) is 19.4 Å². The van der Waals surface area contributed by atoms with E-state index < -0.39 is 11.1 Å². The SMILES string of the molecule is C=C(N)/C(C)=C\C=C(/C)CS(=O)[O-]. The lowest BCUT2D eigenvalue weighted by molar-refractivity contribution is 0.539. The maximum atomic E-state index is 10.3. The van der Waals surface area contributed by atoms with E-state index in [1.807, 2.05) is 6.92 Å². The second-order valence-corrected chi connectivity index (χ2v) is 3.73. The van der Waals surface area contributed by atoms with Crippen LogP contribution in [0.15, 0.2) is 35.6 Å². The van der Waals surface area contributed by atoms with Crippen molar-refractivity contribution in [3.8, 4) is 0 Å². The van der Waals surface area contributed by atoms with Gasteiger partial charge < -0.3 is 10.3 Å². The van der Waals surface area contributed by atoms with Crippen molar-refractivity contribution in [1.82, 2.24) is 0 Å². The maximum absolute atomic E-state index is 10.3. The van der Waals surface area contributed by atoms with Gasteiger partial charge in [-0.3, -0.25) is 4.21 Å². The Hall–Kier alpha value is -0.870. The molecule has 1 atom stereocenters. The summed E-state index contributed by atoms with van der Waals surface area (Å²) in [6.45, 7) is 7.12. The molecule has 0 bridgehead atoms. The molecule has 0 aromatic heterocycles. The number of nitrogens with two attached hydrogens (primary N) is 1. The minimum Gasteiger partial charge on any atom is -0.772 e. The molecule has 0 fully saturated rings. The van der Waals surface area contributed by atoms with Gasteiger partial charge in [0.2, 0.25) is 0 Å². The predicted molar refractivity (Wildman–Crippen MR) is 54.6 cm³/mol. The van der Waals surface area contributed by atoms with Crippen molar-refractivity contribution in [2.75, 3.05) is 5.75 Å².